The number of ketones is 1. The molecule has 1 aliphatic heterocycles. The number of non-ortho nitro benzene ring substituents is 1. The van der Waals surface area contributed by atoms with Crippen LogP contribution in [0.2, 0.25) is 0 Å². The third kappa shape index (κ3) is 3.83. The van der Waals surface area contributed by atoms with Gasteiger partial charge in [0.25, 0.3) is 5.69 Å². The standard InChI is InChI=1S/C21H24N2O5/c1-12-17(20(25)28-21(2,3)4)18(13-8-10-14(11-9-13)23(26)27)19-15(22-12)6-5-7-16(19)24/h8-11,18,22H,5-7H2,1-4H3. The predicted molar refractivity (Wildman–Crippen MR) is 103 cm³/mol. The van der Waals surface area contributed by atoms with Gasteiger partial charge in [-0.2, -0.15) is 0 Å². The third-order valence-electron chi connectivity index (χ3n) is 4.83. The highest BCUT2D eigenvalue weighted by molar-refractivity contribution is 6.03. The Morgan fingerprint density at radius 3 is 2.43 bits per heavy atom. The molecule has 0 amide bonds. The van der Waals surface area contributed by atoms with Crippen LogP contribution in [0.25, 0.3) is 0 Å². The molecule has 1 aliphatic carbocycles. The van der Waals surface area contributed by atoms with E-state index in [4.69, 9.17) is 4.74 Å². The van der Waals surface area contributed by atoms with Crippen LogP contribution in [0.1, 0.15) is 58.4 Å². The summed E-state index contributed by atoms with van der Waals surface area (Å²) in [5.74, 6) is -1.10. The van der Waals surface area contributed by atoms with Gasteiger partial charge in [0.15, 0.2) is 5.78 Å². The second-order valence-corrected chi connectivity index (χ2v) is 8.12. The van der Waals surface area contributed by atoms with Crippen molar-refractivity contribution in [3.8, 4) is 0 Å². The normalized spacial score (nSPS) is 19.9. The Morgan fingerprint density at radius 1 is 1.21 bits per heavy atom. The molecule has 1 unspecified atom stereocenters. The number of nitro groups is 1. The fourth-order valence-corrected chi connectivity index (χ4v) is 3.71. The van der Waals surface area contributed by atoms with Crippen LogP contribution in [0.5, 0.6) is 0 Å². The Hall–Kier alpha value is -2.96. The van der Waals surface area contributed by atoms with E-state index >= 15 is 0 Å². The molecule has 1 aromatic carbocycles. The molecule has 0 aromatic heterocycles. The van der Waals surface area contributed by atoms with Crippen molar-refractivity contribution in [2.75, 3.05) is 0 Å². The maximum absolute atomic E-state index is 13.0. The maximum atomic E-state index is 13.0. The number of carbonyl (C=O) groups is 2. The molecule has 0 fully saturated rings. The number of hydrogen-bond donors (Lipinski definition) is 1. The van der Waals surface area contributed by atoms with E-state index in [9.17, 15) is 19.7 Å². The molecule has 28 heavy (non-hydrogen) atoms. The number of ether oxygens (including phenoxy) is 1. The zero-order valence-corrected chi connectivity index (χ0v) is 16.5. The van der Waals surface area contributed by atoms with Gasteiger partial charge in [0.05, 0.1) is 10.5 Å². The lowest BCUT2D eigenvalue weighted by molar-refractivity contribution is -0.384. The number of nitrogens with one attached hydrogen (secondary N) is 1. The van der Waals surface area contributed by atoms with Crippen LogP contribution in [0.3, 0.4) is 0 Å². The number of carbonyl (C=O) groups excluding carboxylic acids is 2. The molecule has 7 nitrogen and oxygen atoms in total. The molecular formula is C21H24N2O5. The molecule has 0 bridgehead atoms. The molecule has 0 spiro atoms. The minimum atomic E-state index is -0.685. The number of Topliss-reactive ketones (excluding diaryl/α,β-unsaturated/α-hetero) is 1. The number of nitrogens with zero attached hydrogens (tertiary/aromatic N) is 1. The highest BCUT2D eigenvalue weighted by Gasteiger charge is 2.40. The number of benzene rings is 1. The predicted octanol–water partition coefficient (Wildman–Crippen LogP) is 3.90. The first-order valence-electron chi connectivity index (χ1n) is 9.30. The monoisotopic (exact) mass is 384 g/mol. The van der Waals surface area contributed by atoms with Crippen molar-refractivity contribution in [3.05, 3.63) is 62.5 Å². The van der Waals surface area contributed by atoms with E-state index in [1.54, 1.807) is 39.8 Å². The van der Waals surface area contributed by atoms with Crippen molar-refractivity contribution < 1.29 is 19.2 Å². The van der Waals surface area contributed by atoms with Gasteiger partial charge >= 0.3 is 5.97 Å². The van der Waals surface area contributed by atoms with Crippen molar-refractivity contribution >= 4 is 17.4 Å². The van der Waals surface area contributed by atoms with Gasteiger partial charge in [-0.15, -0.1) is 0 Å². The van der Waals surface area contributed by atoms with E-state index in [1.165, 1.54) is 12.1 Å². The summed E-state index contributed by atoms with van der Waals surface area (Å²) in [7, 11) is 0. The van der Waals surface area contributed by atoms with Crippen molar-refractivity contribution in [2.24, 2.45) is 0 Å². The Morgan fingerprint density at radius 2 is 1.86 bits per heavy atom. The smallest absolute Gasteiger partial charge is 0.337 e. The van der Waals surface area contributed by atoms with Gasteiger partial charge in [0.2, 0.25) is 0 Å². The summed E-state index contributed by atoms with van der Waals surface area (Å²) in [6.45, 7) is 7.15. The zero-order chi connectivity index (χ0) is 20.6. The molecule has 1 atom stereocenters. The van der Waals surface area contributed by atoms with Gasteiger partial charge in [0, 0.05) is 41.4 Å². The van der Waals surface area contributed by atoms with Gasteiger partial charge in [-0.3, -0.25) is 14.9 Å². The first-order valence-corrected chi connectivity index (χ1v) is 9.30. The largest absolute Gasteiger partial charge is 0.457 e. The highest BCUT2D eigenvalue weighted by Crippen LogP contribution is 2.43. The van der Waals surface area contributed by atoms with Crippen LogP contribution in [-0.2, 0) is 14.3 Å². The molecule has 0 saturated carbocycles. The summed E-state index contributed by atoms with van der Waals surface area (Å²) in [5.41, 5.74) is 2.34. The van der Waals surface area contributed by atoms with Crippen molar-refractivity contribution in [3.63, 3.8) is 0 Å². The second kappa shape index (κ2) is 7.22. The average molecular weight is 384 g/mol. The lowest BCUT2D eigenvalue weighted by atomic mass is 9.75. The summed E-state index contributed by atoms with van der Waals surface area (Å²) in [6.07, 6.45) is 1.90. The van der Waals surface area contributed by atoms with Crippen LogP contribution in [0, 0.1) is 10.1 Å². The van der Waals surface area contributed by atoms with Crippen molar-refractivity contribution in [1.29, 1.82) is 0 Å². The lowest BCUT2D eigenvalue weighted by Crippen LogP contribution is -2.36. The summed E-state index contributed by atoms with van der Waals surface area (Å²) < 4.78 is 5.60. The second-order valence-electron chi connectivity index (χ2n) is 8.12. The van der Waals surface area contributed by atoms with Gasteiger partial charge in [-0.25, -0.2) is 4.79 Å². The number of allylic oxidation sites excluding steroid dienone is 3. The molecule has 1 heterocycles. The van der Waals surface area contributed by atoms with Crippen molar-refractivity contribution in [1.82, 2.24) is 5.32 Å². The molecule has 1 N–H and O–H groups in total. The fourth-order valence-electron chi connectivity index (χ4n) is 3.71. The molecular weight excluding hydrogens is 360 g/mol. The molecule has 0 saturated heterocycles. The van der Waals surface area contributed by atoms with Crippen LogP contribution in [-0.4, -0.2) is 22.3 Å². The number of esters is 1. The van der Waals surface area contributed by atoms with Gasteiger partial charge in [0.1, 0.15) is 5.60 Å². The minimum Gasteiger partial charge on any atom is -0.457 e. The highest BCUT2D eigenvalue weighted by atomic mass is 16.6. The Kier molecular flexibility index (Phi) is 5.10. The third-order valence-corrected chi connectivity index (χ3v) is 4.83. The topological polar surface area (TPSA) is 98.5 Å². The van der Waals surface area contributed by atoms with E-state index in [1.807, 2.05) is 0 Å². The van der Waals surface area contributed by atoms with Crippen LogP contribution in [0.15, 0.2) is 46.8 Å². The fraction of sp³-hybridized carbons (Fsp3) is 0.429. The Balaban J connectivity index is 2.12. The van der Waals surface area contributed by atoms with E-state index in [0.717, 1.165) is 18.5 Å². The van der Waals surface area contributed by atoms with E-state index in [0.29, 0.717) is 28.8 Å². The number of dihydropyridines is 1. The van der Waals surface area contributed by atoms with Crippen molar-refractivity contribution in [2.45, 2.75) is 58.5 Å². The summed E-state index contributed by atoms with van der Waals surface area (Å²) in [4.78, 5) is 36.3. The molecule has 148 valence electrons. The number of rotatable bonds is 3. The van der Waals surface area contributed by atoms with Gasteiger partial charge < -0.3 is 10.1 Å². The minimum absolute atomic E-state index is 0.00865. The van der Waals surface area contributed by atoms with Crippen LogP contribution in [0.4, 0.5) is 5.69 Å². The molecule has 0 radical (unpaired) electrons. The summed E-state index contributed by atoms with van der Waals surface area (Å²) in [6, 6.07) is 6.01. The zero-order valence-electron chi connectivity index (χ0n) is 16.5. The molecule has 7 heteroatoms. The Bertz CT molecular complexity index is 904. The van der Waals surface area contributed by atoms with E-state index < -0.39 is 22.4 Å². The Labute approximate surface area is 163 Å². The first kappa shape index (κ1) is 19.8. The molecule has 3 rings (SSSR count). The van der Waals surface area contributed by atoms with E-state index in [2.05, 4.69) is 5.32 Å². The lowest BCUT2D eigenvalue weighted by Gasteiger charge is -2.35. The SMILES string of the molecule is CC1=C(C(=O)OC(C)(C)C)C(c2ccc([N+](=O)[O-])cc2)C2=C(CCCC2=O)N1. The van der Waals surface area contributed by atoms with E-state index in [-0.39, 0.29) is 11.5 Å². The van der Waals surface area contributed by atoms with Gasteiger partial charge in [-0.05, 0) is 46.1 Å². The molecule has 1 aromatic rings. The number of nitro benzene ring substituents is 1. The summed E-state index contributed by atoms with van der Waals surface area (Å²) in [5, 5.41) is 14.2. The maximum Gasteiger partial charge on any atom is 0.337 e. The first-order chi connectivity index (χ1) is 13.1. The molecule has 2 aliphatic rings. The average Bonchev–Trinajstić information content (AvgIpc) is 2.59. The summed E-state index contributed by atoms with van der Waals surface area (Å²) >= 11 is 0. The number of hydrogen-bond acceptors (Lipinski definition) is 6. The van der Waals surface area contributed by atoms with Gasteiger partial charge in [-0.1, -0.05) is 12.1 Å². The quantitative estimate of drug-likeness (QED) is 0.482. The van der Waals surface area contributed by atoms with Crippen LogP contribution >= 0.6 is 0 Å². The van der Waals surface area contributed by atoms with Crippen LogP contribution < -0.4 is 5.32 Å².